The van der Waals surface area contributed by atoms with Crippen molar-refractivity contribution >= 4 is 18.0 Å². The highest BCUT2D eigenvalue weighted by Gasteiger charge is 2.26. The second-order valence-corrected chi connectivity index (χ2v) is 6.84. The van der Waals surface area contributed by atoms with Crippen LogP contribution in [-0.2, 0) is 20.9 Å². The Morgan fingerprint density at radius 1 is 1.07 bits per heavy atom. The van der Waals surface area contributed by atoms with Crippen molar-refractivity contribution in [3.8, 4) is 0 Å². The molecule has 0 fully saturated rings. The van der Waals surface area contributed by atoms with Gasteiger partial charge < -0.3 is 25.6 Å². The summed E-state index contributed by atoms with van der Waals surface area (Å²) >= 11 is 0. The number of aliphatic hydroxyl groups excluding tert-OH is 1. The molecule has 3 atom stereocenters. The highest BCUT2D eigenvalue weighted by molar-refractivity contribution is 5.83. The summed E-state index contributed by atoms with van der Waals surface area (Å²) in [5.41, 5.74) is 0.829. The van der Waals surface area contributed by atoms with Gasteiger partial charge in [-0.05, 0) is 24.8 Å². The van der Waals surface area contributed by atoms with E-state index in [9.17, 15) is 19.5 Å². The van der Waals surface area contributed by atoms with Crippen LogP contribution < -0.4 is 10.6 Å². The van der Waals surface area contributed by atoms with Crippen LogP contribution in [-0.4, -0.2) is 46.4 Å². The second-order valence-electron chi connectivity index (χ2n) is 6.84. The molecule has 8 heteroatoms. The van der Waals surface area contributed by atoms with Crippen molar-refractivity contribution in [1.82, 2.24) is 10.6 Å². The second kappa shape index (κ2) is 11.2. The molecule has 2 amide bonds. The number of hydrogen-bond donors (Lipinski definition) is 4. The van der Waals surface area contributed by atoms with Crippen molar-refractivity contribution in [2.45, 2.75) is 58.4 Å². The molecule has 0 saturated heterocycles. The lowest BCUT2D eigenvalue weighted by Gasteiger charge is -2.25. The maximum absolute atomic E-state index is 12.0. The minimum Gasteiger partial charge on any atom is -0.480 e. The quantitative estimate of drug-likeness (QED) is 0.489. The molecule has 0 aliphatic carbocycles. The van der Waals surface area contributed by atoms with Gasteiger partial charge in [0.2, 0.25) is 5.91 Å². The van der Waals surface area contributed by atoms with Gasteiger partial charge in [0, 0.05) is 0 Å². The first-order valence-corrected chi connectivity index (χ1v) is 8.86. The fourth-order valence-corrected chi connectivity index (χ4v) is 2.43. The van der Waals surface area contributed by atoms with Gasteiger partial charge in [-0.1, -0.05) is 44.2 Å². The molecule has 1 rings (SSSR count). The summed E-state index contributed by atoms with van der Waals surface area (Å²) in [5.74, 6) is -1.62. The van der Waals surface area contributed by atoms with Gasteiger partial charge in [0.25, 0.3) is 0 Å². The lowest BCUT2D eigenvalue weighted by atomic mass is 9.97. The molecule has 1 aromatic carbocycles. The summed E-state index contributed by atoms with van der Waals surface area (Å²) < 4.78 is 5.15. The Bertz CT molecular complexity index is 620. The number of carboxylic acid groups (broad SMARTS) is 1. The van der Waals surface area contributed by atoms with Crippen LogP contribution in [0.3, 0.4) is 0 Å². The molecule has 0 saturated carbocycles. The number of carbonyl (C=O) groups is 3. The standard InChI is InChI=1S/C19H28N2O6/c1-12(2)9-15(16(22)10-17(23)20-13(3)18(24)25)21-19(26)27-11-14-7-5-4-6-8-14/h4-8,12-13,15-16,22H,9-11H2,1-3H3,(H,20,23)(H,21,26)(H,24,25)/t13-,15-,16-/m0/s1. The number of hydrogen-bond acceptors (Lipinski definition) is 5. The number of carbonyl (C=O) groups excluding carboxylic acids is 2. The average molecular weight is 380 g/mol. The van der Waals surface area contributed by atoms with Gasteiger partial charge in [-0.2, -0.15) is 0 Å². The van der Waals surface area contributed by atoms with E-state index in [4.69, 9.17) is 9.84 Å². The molecule has 27 heavy (non-hydrogen) atoms. The highest BCUT2D eigenvalue weighted by Crippen LogP contribution is 2.12. The molecule has 1 aromatic rings. The number of carboxylic acids is 1. The number of aliphatic hydroxyl groups is 1. The molecule has 8 nitrogen and oxygen atoms in total. The van der Waals surface area contributed by atoms with Gasteiger partial charge in [-0.3, -0.25) is 9.59 Å². The Balaban J connectivity index is 2.58. The number of aliphatic carboxylic acids is 1. The molecule has 0 aliphatic heterocycles. The Labute approximate surface area is 158 Å². The van der Waals surface area contributed by atoms with E-state index in [0.717, 1.165) is 5.56 Å². The van der Waals surface area contributed by atoms with E-state index in [-0.39, 0.29) is 18.9 Å². The molecule has 150 valence electrons. The van der Waals surface area contributed by atoms with Crippen LogP contribution in [0.2, 0.25) is 0 Å². The topological polar surface area (TPSA) is 125 Å². The van der Waals surface area contributed by atoms with Crippen molar-refractivity contribution in [3.05, 3.63) is 35.9 Å². The van der Waals surface area contributed by atoms with Crippen molar-refractivity contribution in [1.29, 1.82) is 0 Å². The summed E-state index contributed by atoms with van der Waals surface area (Å²) in [6.45, 7) is 5.26. The lowest BCUT2D eigenvalue weighted by molar-refractivity contribution is -0.141. The van der Waals surface area contributed by atoms with Crippen molar-refractivity contribution in [3.63, 3.8) is 0 Å². The number of alkyl carbamates (subject to hydrolysis) is 1. The third kappa shape index (κ3) is 9.05. The van der Waals surface area contributed by atoms with Gasteiger partial charge in [0.15, 0.2) is 0 Å². The van der Waals surface area contributed by atoms with Gasteiger partial charge >= 0.3 is 12.1 Å². The van der Waals surface area contributed by atoms with Gasteiger partial charge in [0.1, 0.15) is 12.6 Å². The molecule has 0 spiro atoms. The number of rotatable bonds is 10. The zero-order valence-electron chi connectivity index (χ0n) is 15.8. The molecule has 0 heterocycles. The average Bonchev–Trinajstić information content (AvgIpc) is 2.59. The Morgan fingerprint density at radius 2 is 1.70 bits per heavy atom. The zero-order valence-corrected chi connectivity index (χ0v) is 15.8. The summed E-state index contributed by atoms with van der Waals surface area (Å²) in [7, 11) is 0. The lowest BCUT2D eigenvalue weighted by Crippen LogP contribution is -2.47. The van der Waals surface area contributed by atoms with E-state index in [2.05, 4.69) is 10.6 Å². The number of amides is 2. The van der Waals surface area contributed by atoms with Crippen LogP contribution in [0.25, 0.3) is 0 Å². The summed E-state index contributed by atoms with van der Waals surface area (Å²) in [5, 5.41) is 24.0. The maximum Gasteiger partial charge on any atom is 0.407 e. The Hall–Kier alpha value is -2.61. The third-order valence-corrected chi connectivity index (χ3v) is 3.85. The first-order chi connectivity index (χ1) is 12.7. The van der Waals surface area contributed by atoms with Gasteiger partial charge in [0.05, 0.1) is 18.6 Å². The first-order valence-electron chi connectivity index (χ1n) is 8.86. The largest absolute Gasteiger partial charge is 0.480 e. The smallest absolute Gasteiger partial charge is 0.407 e. The molecular formula is C19H28N2O6. The van der Waals surface area contributed by atoms with Crippen molar-refractivity contribution < 1.29 is 29.3 Å². The predicted molar refractivity (Wildman–Crippen MR) is 98.9 cm³/mol. The van der Waals surface area contributed by atoms with Gasteiger partial charge in [-0.25, -0.2) is 4.79 Å². The van der Waals surface area contributed by atoms with E-state index in [1.165, 1.54) is 6.92 Å². The van der Waals surface area contributed by atoms with Crippen LogP contribution in [0.4, 0.5) is 4.79 Å². The number of nitrogens with one attached hydrogen (secondary N) is 2. The van der Waals surface area contributed by atoms with E-state index >= 15 is 0 Å². The maximum atomic E-state index is 12.0. The van der Waals surface area contributed by atoms with Crippen molar-refractivity contribution in [2.24, 2.45) is 5.92 Å². The number of benzene rings is 1. The van der Waals surface area contributed by atoms with E-state index in [1.54, 1.807) is 0 Å². The van der Waals surface area contributed by atoms with E-state index in [1.807, 2.05) is 44.2 Å². The first kappa shape index (κ1) is 22.4. The molecule has 0 unspecified atom stereocenters. The van der Waals surface area contributed by atoms with Crippen LogP contribution in [0, 0.1) is 5.92 Å². The summed E-state index contributed by atoms with van der Waals surface area (Å²) in [4.78, 5) is 34.7. The molecule has 0 aromatic heterocycles. The number of ether oxygens (including phenoxy) is 1. The summed E-state index contributed by atoms with van der Waals surface area (Å²) in [6.07, 6.45) is -1.75. The van der Waals surface area contributed by atoms with Crippen LogP contribution in [0.1, 0.15) is 39.2 Å². The molecular weight excluding hydrogens is 352 g/mol. The fraction of sp³-hybridized carbons (Fsp3) is 0.526. The van der Waals surface area contributed by atoms with E-state index in [0.29, 0.717) is 6.42 Å². The zero-order chi connectivity index (χ0) is 20.4. The molecule has 4 N–H and O–H groups in total. The van der Waals surface area contributed by atoms with Crippen molar-refractivity contribution in [2.75, 3.05) is 0 Å². The predicted octanol–water partition coefficient (Wildman–Crippen LogP) is 1.67. The fourth-order valence-electron chi connectivity index (χ4n) is 2.43. The normalized spacial score (nSPS) is 14.1. The summed E-state index contributed by atoms with van der Waals surface area (Å²) in [6, 6.07) is 7.41. The third-order valence-electron chi connectivity index (χ3n) is 3.85. The van der Waals surface area contributed by atoms with Crippen LogP contribution in [0.5, 0.6) is 0 Å². The Morgan fingerprint density at radius 3 is 2.26 bits per heavy atom. The van der Waals surface area contributed by atoms with E-state index < -0.39 is 36.2 Å². The minimum absolute atomic E-state index is 0.0911. The molecule has 0 radical (unpaired) electrons. The van der Waals surface area contributed by atoms with Crippen LogP contribution >= 0.6 is 0 Å². The SMILES string of the molecule is CC(C)C[C@H](NC(=O)OCc1ccccc1)[C@@H](O)CC(=O)N[C@@H](C)C(=O)O. The molecule has 0 aliphatic rings. The Kier molecular flexibility index (Phi) is 9.29. The monoisotopic (exact) mass is 380 g/mol. The molecule has 0 bridgehead atoms. The minimum atomic E-state index is -1.17. The van der Waals surface area contributed by atoms with Crippen LogP contribution in [0.15, 0.2) is 30.3 Å². The highest BCUT2D eigenvalue weighted by atomic mass is 16.5. The van der Waals surface area contributed by atoms with Gasteiger partial charge in [-0.15, -0.1) is 0 Å².